The largest absolute Gasteiger partial charge is 0.298 e. The molecule has 0 aromatic rings. The van der Waals surface area contributed by atoms with E-state index in [4.69, 9.17) is 0 Å². The second kappa shape index (κ2) is 4.23. The Hall–Kier alpha value is -0.370. The van der Waals surface area contributed by atoms with Gasteiger partial charge in [-0.05, 0) is 25.9 Å². The maximum atomic E-state index is 11.7. The van der Waals surface area contributed by atoms with Crippen molar-refractivity contribution in [2.24, 2.45) is 5.41 Å². The first-order valence-electron chi connectivity index (χ1n) is 5.26. The normalized spacial score (nSPS) is 20.2. The lowest BCUT2D eigenvalue weighted by atomic mass is 9.90. The fraction of sp³-hybridized carbons (Fsp3) is 0.909. The van der Waals surface area contributed by atoms with Gasteiger partial charge in [0.15, 0.2) is 5.78 Å². The molecule has 76 valence electrons. The van der Waals surface area contributed by atoms with Gasteiger partial charge >= 0.3 is 0 Å². The van der Waals surface area contributed by atoms with Crippen LogP contribution in [0.25, 0.3) is 0 Å². The van der Waals surface area contributed by atoms with Crippen LogP contribution in [0.5, 0.6) is 0 Å². The van der Waals surface area contributed by atoms with Gasteiger partial charge in [0.05, 0.1) is 6.54 Å². The minimum absolute atomic E-state index is 0.169. The average molecular weight is 183 g/mol. The number of Topliss-reactive ketones (excluding diaryl/α,β-unsaturated/α-hetero) is 1. The van der Waals surface area contributed by atoms with E-state index in [2.05, 4.69) is 4.90 Å². The molecular weight excluding hydrogens is 162 g/mol. The molecule has 2 nitrogen and oxygen atoms in total. The third-order valence-corrected chi connectivity index (χ3v) is 2.65. The van der Waals surface area contributed by atoms with E-state index in [1.54, 1.807) is 0 Å². The Labute approximate surface area is 81.3 Å². The van der Waals surface area contributed by atoms with Crippen LogP contribution in [0.2, 0.25) is 0 Å². The minimum atomic E-state index is -0.169. The second-order valence-corrected chi connectivity index (χ2v) is 5.01. The summed E-state index contributed by atoms with van der Waals surface area (Å²) >= 11 is 0. The predicted octanol–water partition coefficient (Wildman–Crippen LogP) is 2.09. The summed E-state index contributed by atoms with van der Waals surface area (Å²) in [5.74, 6) is 0.370. The van der Waals surface area contributed by atoms with Crippen LogP contribution >= 0.6 is 0 Å². The molecule has 0 N–H and O–H groups in total. The Bertz CT molecular complexity index is 175. The molecule has 0 aromatic heterocycles. The first-order chi connectivity index (χ1) is 6.00. The SMILES string of the molecule is CC(C)(C)C(=O)CN1CCCCC1. The molecule has 0 spiro atoms. The highest BCUT2D eigenvalue weighted by atomic mass is 16.1. The van der Waals surface area contributed by atoms with Crippen molar-refractivity contribution < 1.29 is 4.79 Å². The third-order valence-electron chi connectivity index (χ3n) is 2.65. The minimum Gasteiger partial charge on any atom is -0.298 e. The molecule has 2 heteroatoms. The molecule has 0 unspecified atom stereocenters. The van der Waals surface area contributed by atoms with Crippen LogP contribution in [-0.2, 0) is 4.79 Å². The molecule has 0 amide bonds. The van der Waals surface area contributed by atoms with Gasteiger partial charge in [-0.15, -0.1) is 0 Å². The Morgan fingerprint density at radius 3 is 2.15 bits per heavy atom. The number of ketones is 1. The number of likely N-dealkylation sites (tertiary alicyclic amines) is 1. The molecular formula is C11H21NO. The summed E-state index contributed by atoms with van der Waals surface area (Å²) in [4.78, 5) is 14.0. The van der Waals surface area contributed by atoms with E-state index < -0.39 is 0 Å². The number of hydrogen-bond donors (Lipinski definition) is 0. The summed E-state index contributed by atoms with van der Waals surface area (Å²) in [7, 11) is 0. The van der Waals surface area contributed by atoms with Crippen molar-refractivity contribution in [3.05, 3.63) is 0 Å². The lowest BCUT2D eigenvalue weighted by Crippen LogP contribution is -2.38. The van der Waals surface area contributed by atoms with Crippen LogP contribution in [0.15, 0.2) is 0 Å². The van der Waals surface area contributed by atoms with Crippen molar-refractivity contribution in [2.75, 3.05) is 19.6 Å². The van der Waals surface area contributed by atoms with Crippen molar-refractivity contribution in [1.29, 1.82) is 0 Å². The maximum Gasteiger partial charge on any atom is 0.152 e. The number of piperidine rings is 1. The van der Waals surface area contributed by atoms with Crippen molar-refractivity contribution >= 4 is 5.78 Å². The number of carbonyl (C=O) groups is 1. The Morgan fingerprint density at radius 2 is 1.69 bits per heavy atom. The molecule has 1 aliphatic rings. The number of carbonyl (C=O) groups excluding carboxylic acids is 1. The van der Waals surface area contributed by atoms with Crippen molar-refractivity contribution in [1.82, 2.24) is 4.90 Å². The van der Waals surface area contributed by atoms with Crippen molar-refractivity contribution in [3.8, 4) is 0 Å². The van der Waals surface area contributed by atoms with Gasteiger partial charge in [0.1, 0.15) is 0 Å². The third kappa shape index (κ3) is 3.47. The van der Waals surface area contributed by atoms with Crippen LogP contribution in [0.1, 0.15) is 40.0 Å². The number of rotatable bonds is 2. The quantitative estimate of drug-likeness (QED) is 0.653. The molecule has 1 fully saturated rings. The standard InChI is InChI=1S/C11H21NO/c1-11(2,3)10(13)9-12-7-5-4-6-8-12/h4-9H2,1-3H3. The van der Waals surface area contributed by atoms with Gasteiger partial charge in [0, 0.05) is 5.41 Å². The molecule has 13 heavy (non-hydrogen) atoms. The zero-order chi connectivity index (χ0) is 9.90. The molecule has 1 aliphatic heterocycles. The lowest BCUT2D eigenvalue weighted by Gasteiger charge is -2.28. The monoisotopic (exact) mass is 183 g/mol. The number of hydrogen-bond acceptors (Lipinski definition) is 2. The van der Waals surface area contributed by atoms with Crippen LogP contribution < -0.4 is 0 Å². The molecule has 0 radical (unpaired) electrons. The van der Waals surface area contributed by atoms with Gasteiger partial charge in [-0.1, -0.05) is 27.2 Å². The van der Waals surface area contributed by atoms with Crippen molar-refractivity contribution in [3.63, 3.8) is 0 Å². The molecule has 0 aromatic carbocycles. The highest BCUT2D eigenvalue weighted by Crippen LogP contribution is 2.17. The maximum absolute atomic E-state index is 11.7. The summed E-state index contributed by atoms with van der Waals surface area (Å²) < 4.78 is 0. The Morgan fingerprint density at radius 1 is 1.15 bits per heavy atom. The fourth-order valence-corrected chi connectivity index (χ4v) is 1.56. The van der Waals surface area contributed by atoms with E-state index in [9.17, 15) is 4.79 Å². The lowest BCUT2D eigenvalue weighted by molar-refractivity contribution is -0.127. The molecule has 0 aliphatic carbocycles. The number of nitrogens with zero attached hydrogens (tertiary/aromatic N) is 1. The molecule has 0 bridgehead atoms. The zero-order valence-electron chi connectivity index (χ0n) is 9.10. The van der Waals surface area contributed by atoms with E-state index >= 15 is 0 Å². The summed E-state index contributed by atoms with van der Waals surface area (Å²) in [5, 5.41) is 0. The van der Waals surface area contributed by atoms with Gasteiger partial charge in [0.2, 0.25) is 0 Å². The van der Waals surface area contributed by atoms with Gasteiger partial charge in [-0.25, -0.2) is 0 Å². The second-order valence-electron chi connectivity index (χ2n) is 5.01. The highest BCUT2D eigenvalue weighted by molar-refractivity contribution is 5.85. The van der Waals surface area contributed by atoms with Gasteiger partial charge in [0.25, 0.3) is 0 Å². The van der Waals surface area contributed by atoms with Gasteiger partial charge in [-0.2, -0.15) is 0 Å². The molecule has 1 rings (SSSR count). The van der Waals surface area contributed by atoms with Crippen LogP contribution in [0.4, 0.5) is 0 Å². The Kier molecular flexibility index (Phi) is 3.48. The van der Waals surface area contributed by atoms with E-state index in [0.717, 1.165) is 13.1 Å². The summed E-state index contributed by atoms with van der Waals surface area (Å²) in [5.41, 5.74) is -0.169. The van der Waals surface area contributed by atoms with Crippen LogP contribution in [0, 0.1) is 5.41 Å². The smallest absolute Gasteiger partial charge is 0.152 e. The first-order valence-corrected chi connectivity index (χ1v) is 5.26. The fourth-order valence-electron chi connectivity index (χ4n) is 1.56. The van der Waals surface area contributed by atoms with E-state index in [1.165, 1.54) is 19.3 Å². The molecule has 1 saturated heterocycles. The highest BCUT2D eigenvalue weighted by Gasteiger charge is 2.23. The summed E-state index contributed by atoms with van der Waals surface area (Å²) in [6.07, 6.45) is 3.86. The summed E-state index contributed by atoms with van der Waals surface area (Å²) in [6.45, 7) is 8.88. The van der Waals surface area contributed by atoms with Gasteiger partial charge < -0.3 is 0 Å². The van der Waals surface area contributed by atoms with Crippen LogP contribution in [-0.4, -0.2) is 30.3 Å². The van der Waals surface area contributed by atoms with Gasteiger partial charge in [-0.3, -0.25) is 9.69 Å². The topological polar surface area (TPSA) is 20.3 Å². The van der Waals surface area contributed by atoms with Crippen LogP contribution in [0.3, 0.4) is 0 Å². The zero-order valence-corrected chi connectivity index (χ0v) is 9.10. The molecule has 1 heterocycles. The summed E-state index contributed by atoms with van der Waals surface area (Å²) in [6, 6.07) is 0. The van der Waals surface area contributed by atoms with Crippen molar-refractivity contribution in [2.45, 2.75) is 40.0 Å². The molecule has 0 atom stereocenters. The van der Waals surface area contributed by atoms with E-state index in [1.807, 2.05) is 20.8 Å². The molecule has 0 saturated carbocycles. The van der Waals surface area contributed by atoms with E-state index in [-0.39, 0.29) is 5.41 Å². The first kappa shape index (κ1) is 10.7. The van der Waals surface area contributed by atoms with E-state index in [0.29, 0.717) is 12.3 Å². The Balaban J connectivity index is 2.35. The average Bonchev–Trinajstić information content (AvgIpc) is 2.04. The predicted molar refractivity (Wildman–Crippen MR) is 54.8 cm³/mol.